The van der Waals surface area contributed by atoms with E-state index >= 15 is 0 Å². The zero-order valence-electron chi connectivity index (χ0n) is 17.4. The first-order valence-electron chi connectivity index (χ1n) is 9.61. The third-order valence-electron chi connectivity index (χ3n) is 4.82. The number of ketones is 1. The Morgan fingerprint density at radius 3 is 2.50 bits per heavy atom. The molecule has 19 heteroatoms. The van der Waals surface area contributed by atoms with Gasteiger partial charge in [-0.1, -0.05) is 0 Å². The zero-order chi connectivity index (χ0) is 25.4. The van der Waals surface area contributed by atoms with Crippen LogP contribution in [0, 0.1) is 0 Å². The molecular weight excluding hydrogens is 508 g/mol. The Hall–Kier alpha value is -1.59. The van der Waals surface area contributed by atoms with E-state index in [0.717, 1.165) is 10.8 Å². The molecule has 192 valence electrons. The average molecular weight is 531 g/mol. The van der Waals surface area contributed by atoms with Crippen LogP contribution < -0.4 is 11.4 Å². The Bertz CT molecular complexity index is 1070. The number of nitrogen functional groups attached to an aromatic ring is 1. The minimum atomic E-state index is -5.38. The van der Waals surface area contributed by atoms with E-state index in [1.807, 2.05) is 0 Å². The van der Waals surface area contributed by atoms with Crippen LogP contribution in [0.15, 0.2) is 17.1 Å². The van der Waals surface area contributed by atoms with E-state index in [1.54, 1.807) is 0 Å². The lowest BCUT2D eigenvalue weighted by molar-refractivity contribution is -0.202. The minimum absolute atomic E-state index is 0.101. The molecule has 0 bridgehead atoms. The SMILES string of the molecule is C[C@H]1O[C@H](OP(=O)(O)OP(=O)(O)OC[C@H]2O[C@@H](n3ccc(N)nc3=O)[C@H](O)[C@@H]2O)[C@H](O)CC1=O. The van der Waals surface area contributed by atoms with Crippen molar-refractivity contribution in [3.63, 3.8) is 0 Å². The number of phosphoric acid groups is 2. The van der Waals surface area contributed by atoms with Gasteiger partial charge in [-0.05, 0) is 13.0 Å². The minimum Gasteiger partial charge on any atom is -0.387 e. The van der Waals surface area contributed by atoms with Crippen LogP contribution in [-0.2, 0) is 36.8 Å². The van der Waals surface area contributed by atoms with Gasteiger partial charge >= 0.3 is 21.3 Å². The van der Waals surface area contributed by atoms with Crippen LogP contribution in [0.1, 0.15) is 19.6 Å². The lowest BCUT2D eigenvalue weighted by Crippen LogP contribution is -2.44. The number of Topliss-reactive ketones (excluding diaryl/α,β-unsaturated/α-hetero) is 1. The molecule has 34 heavy (non-hydrogen) atoms. The number of anilines is 1. The fraction of sp³-hybridized carbons (Fsp3) is 0.667. The molecule has 2 unspecified atom stereocenters. The van der Waals surface area contributed by atoms with Gasteiger partial charge in [-0.25, -0.2) is 13.9 Å². The zero-order valence-corrected chi connectivity index (χ0v) is 19.2. The number of aliphatic hydroxyl groups excluding tert-OH is 3. The number of phosphoric ester groups is 2. The summed E-state index contributed by atoms with van der Waals surface area (Å²) in [7, 11) is -10.7. The van der Waals surface area contributed by atoms with E-state index < -0.39 is 83.2 Å². The number of carbonyl (C=O) groups is 1. The highest BCUT2D eigenvalue weighted by Gasteiger charge is 2.47. The molecule has 7 N–H and O–H groups in total. The molecule has 0 amide bonds. The van der Waals surface area contributed by atoms with Crippen molar-refractivity contribution in [1.82, 2.24) is 9.55 Å². The first kappa shape index (κ1) is 27.0. The molecule has 0 radical (unpaired) electrons. The van der Waals surface area contributed by atoms with Crippen molar-refractivity contribution in [3.05, 3.63) is 22.7 Å². The summed E-state index contributed by atoms with van der Waals surface area (Å²) in [5.41, 5.74) is 4.47. The Morgan fingerprint density at radius 1 is 1.18 bits per heavy atom. The average Bonchev–Trinajstić information content (AvgIpc) is 2.98. The van der Waals surface area contributed by atoms with Crippen molar-refractivity contribution in [2.45, 2.75) is 56.4 Å². The molecular formula is C15H23N3O14P2. The highest BCUT2D eigenvalue weighted by molar-refractivity contribution is 7.61. The van der Waals surface area contributed by atoms with E-state index in [1.165, 1.54) is 13.0 Å². The molecule has 2 aliphatic heterocycles. The fourth-order valence-electron chi connectivity index (χ4n) is 3.12. The summed E-state index contributed by atoms with van der Waals surface area (Å²) in [6, 6.07) is 1.23. The molecule has 0 spiro atoms. The van der Waals surface area contributed by atoms with Crippen molar-refractivity contribution in [2.75, 3.05) is 12.3 Å². The quantitative estimate of drug-likeness (QED) is 0.194. The number of hydrogen-bond acceptors (Lipinski definition) is 14. The van der Waals surface area contributed by atoms with E-state index in [9.17, 15) is 43.8 Å². The molecule has 0 aromatic carbocycles. The van der Waals surface area contributed by atoms with E-state index in [-0.39, 0.29) is 5.82 Å². The van der Waals surface area contributed by atoms with Crippen LogP contribution in [0.3, 0.4) is 0 Å². The second-order valence-electron chi connectivity index (χ2n) is 7.39. The Kier molecular flexibility index (Phi) is 8.09. The largest absolute Gasteiger partial charge is 0.483 e. The van der Waals surface area contributed by atoms with Gasteiger partial charge in [0, 0.05) is 12.6 Å². The number of rotatable bonds is 8. The summed E-state index contributed by atoms with van der Waals surface area (Å²) in [6.07, 6.45) is -10.2. The van der Waals surface area contributed by atoms with Crippen LogP contribution in [0.4, 0.5) is 5.82 Å². The van der Waals surface area contributed by atoms with Gasteiger partial charge in [0.05, 0.1) is 6.61 Å². The van der Waals surface area contributed by atoms with Gasteiger partial charge < -0.3 is 40.3 Å². The van der Waals surface area contributed by atoms with Gasteiger partial charge in [0.15, 0.2) is 18.3 Å². The molecule has 2 aliphatic rings. The van der Waals surface area contributed by atoms with Crippen molar-refractivity contribution >= 4 is 27.2 Å². The molecule has 3 rings (SSSR count). The summed E-state index contributed by atoms with van der Waals surface area (Å²) in [5.74, 6) is -0.597. The maximum absolute atomic E-state index is 12.1. The van der Waals surface area contributed by atoms with Gasteiger partial charge in [0.25, 0.3) is 0 Å². The first-order valence-corrected chi connectivity index (χ1v) is 12.6. The predicted octanol–water partition coefficient (Wildman–Crippen LogP) is -2.24. The smallest absolute Gasteiger partial charge is 0.387 e. The standard InChI is InChI=1S/C15H23N3O14P2/c1-6-7(19)4-8(20)14(29-6)31-34(26,27)32-33(24,25)28-5-9-11(21)12(22)13(30-9)18-3-2-10(16)17-15(18)23/h2-3,6,8-9,11-14,20-22H,4-5H2,1H3,(H,24,25)(H,26,27)(H2,16,17,23)/t6-,8-,9-,11-,12-,13-,14-/m1/s1. The van der Waals surface area contributed by atoms with Gasteiger partial charge in [-0.2, -0.15) is 9.29 Å². The van der Waals surface area contributed by atoms with Crippen molar-refractivity contribution < 1.29 is 61.9 Å². The summed E-state index contributed by atoms with van der Waals surface area (Å²) in [4.78, 5) is 46.4. The molecule has 17 nitrogen and oxygen atoms in total. The maximum atomic E-state index is 12.1. The second kappa shape index (κ2) is 10.2. The van der Waals surface area contributed by atoms with Crippen LogP contribution >= 0.6 is 15.6 Å². The van der Waals surface area contributed by atoms with Crippen molar-refractivity contribution in [3.8, 4) is 0 Å². The van der Waals surface area contributed by atoms with Gasteiger partial charge in [0.1, 0.15) is 36.3 Å². The molecule has 9 atom stereocenters. The lowest BCUT2D eigenvalue weighted by Gasteiger charge is -2.31. The lowest BCUT2D eigenvalue weighted by atomic mass is 10.1. The highest BCUT2D eigenvalue weighted by Crippen LogP contribution is 2.61. The molecule has 1 aromatic heterocycles. The van der Waals surface area contributed by atoms with E-state index in [0.29, 0.717) is 0 Å². The fourth-order valence-corrected chi connectivity index (χ4v) is 5.29. The predicted molar refractivity (Wildman–Crippen MR) is 107 cm³/mol. The number of aliphatic hydroxyl groups is 3. The normalized spacial score (nSPS) is 35.6. The summed E-state index contributed by atoms with van der Waals surface area (Å²) >= 11 is 0. The number of aromatic nitrogens is 2. The van der Waals surface area contributed by atoms with Crippen molar-refractivity contribution in [1.29, 1.82) is 0 Å². The molecule has 2 fully saturated rings. The van der Waals surface area contributed by atoms with Crippen LogP contribution in [0.2, 0.25) is 0 Å². The maximum Gasteiger partial charge on any atom is 0.483 e. The number of nitrogens with zero attached hydrogens (tertiary/aromatic N) is 2. The summed E-state index contributed by atoms with van der Waals surface area (Å²) in [5, 5.41) is 30.0. The van der Waals surface area contributed by atoms with Gasteiger partial charge in [0.2, 0.25) is 0 Å². The first-order chi connectivity index (χ1) is 15.7. The Labute approximate surface area is 190 Å². The van der Waals surface area contributed by atoms with E-state index in [4.69, 9.17) is 15.2 Å². The number of ether oxygens (including phenoxy) is 2. The molecule has 1 aromatic rings. The van der Waals surface area contributed by atoms with Crippen LogP contribution in [-0.4, -0.2) is 83.9 Å². The molecule has 2 saturated heterocycles. The molecule has 0 saturated carbocycles. The second-order valence-corrected chi connectivity index (χ2v) is 10.4. The third kappa shape index (κ3) is 6.34. The molecule has 3 heterocycles. The van der Waals surface area contributed by atoms with Gasteiger partial charge in [-0.3, -0.25) is 18.4 Å². The summed E-state index contributed by atoms with van der Waals surface area (Å²) < 4.78 is 48.5. The number of nitrogens with two attached hydrogens (primary N) is 1. The Morgan fingerprint density at radius 2 is 1.85 bits per heavy atom. The number of carbonyl (C=O) groups excluding carboxylic acids is 1. The van der Waals surface area contributed by atoms with Crippen LogP contribution in [0.5, 0.6) is 0 Å². The topological polar surface area (TPSA) is 259 Å². The summed E-state index contributed by atoms with van der Waals surface area (Å²) in [6.45, 7) is 0.366. The third-order valence-corrected chi connectivity index (χ3v) is 7.42. The van der Waals surface area contributed by atoms with Crippen molar-refractivity contribution in [2.24, 2.45) is 0 Å². The van der Waals surface area contributed by atoms with E-state index in [2.05, 4.69) is 18.3 Å². The van der Waals surface area contributed by atoms with Gasteiger partial charge in [-0.15, -0.1) is 0 Å². The molecule has 0 aliphatic carbocycles. The monoisotopic (exact) mass is 531 g/mol. The van der Waals surface area contributed by atoms with Crippen LogP contribution in [0.25, 0.3) is 0 Å². The number of hydrogen-bond donors (Lipinski definition) is 6. The Balaban J connectivity index is 1.59. The highest BCUT2D eigenvalue weighted by atomic mass is 31.3.